The van der Waals surface area contributed by atoms with E-state index < -0.39 is 44.9 Å². The molecule has 0 heterocycles. The van der Waals surface area contributed by atoms with Gasteiger partial charge in [0.15, 0.2) is 15.6 Å². The maximum absolute atomic E-state index is 13.0. The fraction of sp³-hybridized carbons (Fsp3) is 0.556. The summed E-state index contributed by atoms with van der Waals surface area (Å²) in [5, 5.41) is 2.45. The average molecular weight is 387 g/mol. The lowest BCUT2D eigenvalue weighted by Crippen LogP contribution is -2.46. The van der Waals surface area contributed by atoms with Gasteiger partial charge in [-0.2, -0.15) is 0 Å². The average Bonchev–Trinajstić information content (AvgIpc) is 2.44. The number of amides is 1. The van der Waals surface area contributed by atoms with Gasteiger partial charge in [-0.1, -0.05) is 13.8 Å². The molecule has 0 radical (unpaired) electrons. The maximum Gasteiger partial charge on any atom is 0.408 e. The number of ether oxygens (including phenoxy) is 1. The Kier molecular flexibility index (Phi) is 7.32. The topological polar surface area (TPSA) is 89.5 Å². The van der Waals surface area contributed by atoms with Crippen LogP contribution in [0.5, 0.6) is 0 Å². The maximum atomic E-state index is 13.0. The van der Waals surface area contributed by atoms with Crippen molar-refractivity contribution in [2.75, 3.05) is 5.75 Å². The zero-order valence-electron chi connectivity index (χ0n) is 15.7. The lowest BCUT2D eigenvalue weighted by atomic mass is 10.0. The first-order chi connectivity index (χ1) is 11.8. The first-order valence-corrected chi connectivity index (χ1v) is 9.96. The quantitative estimate of drug-likeness (QED) is 0.726. The Morgan fingerprint density at radius 1 is 1.15 bits per heavy atom. The van der Waals surface area contributed by atoms with Gasteiger partial charge in [0.05, 0.1) is 10.9 Å². The molecule has 8 heteroatoms. The van der Waals surface area contributed by atoms with Crippen molar-refractivity contribution >= 4 is 21.7 Å². The number of ketones is 1. The second-order valence-corrected chi connectivity index (χ2v) is 9.50. The third-order valence-electron chi connectivity index (χ3n) is 3.29. The van der Waals surface area contributed by atoms with Crippen molar-refractivity contribution in [3.8, 4) is 0 Å². The summed E-state index contributed by atoms with van der Waals surface area (Å²) in [6, 6.07) is 3.26. The number of benzene rings is 1. The van der Waals surface area contributed by atoms with E-state index in [-0.39, 0.29) is 17.2 Å². The zero-order chi connectivity index (χ0) is 20.1. The highest BCUT2D eigenvalue weighted by Gasteiger charge is 2.29. The highest BCUT2D eigenvalue weighted by atomic mass is 32.2. The number of hydrogen-bond acceptors (Lipinski definition) is 5. The van der Waals surface area contributed by atoms with E-state index >= 15 is 0 Å². The Morgan fingerprint density at radius 2 is 1.69 bits per heavy atom. The molecule has 0 aliphatic carbocycles. The molecule has 0 bridgehead atoms. The summed E-state index contributed by atoms with van der Waals surface area (Å²) in [5.74, 6) is -1.95. The molecule has 1 aromatic carbocycles. The van der Waals surface area contributed by atoms with Crippen molar-refractivity contribution in [1.82, 2.24) is 5.32 Å². The number of halogens is 1. The van der Waals surface area contributed by atoms with E-state index in [9.17, 15) is 22.4 Å². The van der Waals surface area contributed by atoms with Gasteiger partial charge in [0.2, 0.25) is 0 Å². The van der Waals surface area contributed by atoms with Gasteiger partial charge in [0.1, 0.15) is 17.2 Å². The molecule has 26 heavy (non-hydrogen) atoms. The van der Waals surface area contributed by atoms with Crippen molar-refractivity contribution in [2.45, 2.75) is 57.6 Å². The second kappa shape index (κ2) is 8.62. The summed E-state index contributed by atoms with van der Waals surface area (Å²) in [6.45, 7) is 8.76. The van der Waals surface area contributed by atoms with Crippen molar-refractivity contribution in [1.29, 1.82) is 0 Å². The Bertz CT molecular complexity index is 736. The fourth-order valence-electron chi connectivity index (χ4n) is 2.21. The summed E-state index contributed by atoms with van der Waals surface area (Å²) in [4.78, 5) is 24.3. The van der Waals surface area contributed by atoms with Gasteiger partial charge in [0, 0.05) is 0 Å². The first kappa shape index (κ1) is 22.1. The number of alkyl carbamates (subject to hydrolysis) is 1. The molecule has 0 saturated carbocycles. The third kappa shape index (κ3) is 7.51. The summed E-state index contributed by atoms with van der Waals surface area (Å²) in [7, 11) is -3.94. The minimum Gasteiger partial charge on any atom is -0.444 e. The number of carbonyl (C=O) groups is 2. The van der Waals surface area contributed by atoms with Gasteiger partial charge in [-0.15, -0.1) is 0 Å². The van der Waals surface area contributed by atoms with Crippen LogP contribution in [0.2, 0.25) is 0 Å². The van der Waals surface area contributed by atoms with Crippen LogP contribution in [0.25, 0.3) is 0 Å². The molecule has 0 aromatic heterocycles. The molecule has 0 aliphatic rings. The summed E-state index contributed by atoms with van der Waals surface area (Å²) < 4.78 is 42.8. The van der Waals surface area contributed by atoms with Gasteiger partial charge in [0.25, 0.3) is 0 Å². The molecule has 1 atom stereocenters. The molecular weight excluding hydrogens is 361 g/mol. The number of hydrogen-bond donors (Lipinski definition) is 1. The number of Topliss-reactive ketones (excluding diaryl/α,β-unsaturated/α-hetero) is 1. The normalized spacial score (nSPS) is 13.3. The van der Waals surface area contributed by atoms with Crippen molar-refractivity contribution in [3.05, 3.63) is 30.1 Å². The van der Waals surface area contributed by atoms with E-state index in [1.165, 1.54) is 0 Å². The van der Waals surface area contributed by atoms with E-state index in [1.54, 1.807) is 20.8 Å². The largest absolute Gasteiger partial charge is 0.444 e. The van der Waals surface area contributed by atoms with Crippen LogP contribution < -0.4 is 5.32 Å². The number of rotatable bonds is 7. The van der Waals surface area contributed by atoms with Crippen LogP contribution in [-0.4, -0.2) is 37.7 Å². The van der Waals surface area contributed by atoms with Crippen molar-refractivity contribution in [3.63, 3.8) is 0 Å². The van der Waals surface area contributed by atoms with Crippen LogP contribution in [0.1, 0.15) is 41.0 Å². The molecular formula is C18H26FNO5S. The SMILES string of the molecule is CC(C)C[C@H](NC(=O)OC(C)(C)C)C(=O)CS(=O)(=O)c1ccc(F)cc1. The third-order valence-corrected chi connectivity index (χ3v) is 4.95. The lowest BCUT2D eigenvalue weighted by molar-refractivity contribution is -0.119. The Balaban J connectivity index is 2.91. The van der Waals surface area contributed by atoms with Crippen molar-refractivity contribution < 1.29 is 27.1 Å². The molecule has 0 saturated heterocycles. The zero-order valence-corrected chi connectivity index (χ0v) is 16.5. The van der Waals surface area contributed by atoms with E-state index in [0.717, 1.165) is 24.3 Å². The smallest absolute Gasteiger partial charge is 0.408 e. The molecule has 0 unspecified atom stereocenters. The van der Waals surface area contributed by atoms with Crippen LogP contribution in [-0.2, 0) is 19.4 Å². The standard InChI is InChI=1S/C18H26FNO5S/c1-12(2)10-15(20-17(22)25-18(3,4)5)16(21)11-26(23,24)14-8-6-13(19)7-9-14/h6-9,12,15H,10-11H2,1-5H3,(H,20,22)/t15-/m0/s1. The number of carbonyl (C=O) groups excluding carboxylic acids is 2. The van der Waals surface area contributed by atoms with E-state index in [4.69, 9.17) is 4.74 Å². The second-order valence-electron chi connectivity index (χ2n) is 7.51. The molecule has 1 N–H and O–H groups in total. The van der Waals surface area contributed by atoms with E-state index in [1.807, 2.05) is 13.8 Å². The molecule has 146 valence electrons. The first-order valence-electron chi connectivity index (χ1n) is 8.31. The van der Waals surface area contributed by atoms with E-state index in [2.05, 4.69) is 5.32 Å². The van der Waals surface area contributed by atoms with Crippen LogP contribution in [0, 0.1) is 11.7 Å². The molecule has 0 fully saturated rings. The predicted molar refractivity (Wildman–Crippen MR) is 96.1 cm³/mol. The highest BCUT2D eigenvalue weighted by molar-refractivity contribution is 7.92. The molecule has 1 amide bonds. The van der Waals surface area contributed by atoms with Crippen molar-refractivity contribution in [2.24, 2.45) is 5.92 Å². The Morgan fingerprint density at radius 3 is 2.15 bits per heavy atom. The minimum absolute atomic E-state index is 0.0485. The Labute approximate surface area is 154 Å². The molecule has 0 spiro atoms. The Hall–Kier alpha value is -1.96. The van der Waals surface area contributed by atoms with Crippen LogP contribution in [0.4, 0.5) is 9.18 Å². The predicted octanol–water partition coefficient (Wildman–Crippen LogP) is 3.11. The summed E-state index contributed by atoms with van der Waals surface area (Å²) in [6.07, 6.45) is -0.507. The molecule has 1 rings (SSSR count). The molecule has 1 aromatic rings. The van der Waals surface area contributed by atoms with E-state index in [0.29, 0.717) is 0 Å². The summed E-state index contributed by atoms with van der Waals surface area (Å²) >= 11 is 0. The van der Waals surface area contributed by atoms with Crippen LogP contribution >= 0.6 is 0 Å². The number of sulfone groups is 1. The van der Waals surface area contributed by atoms with Gasteiger partial charge in [-0.25, -0.2) is 17.6 Å². The van der Waals surface area contributed by atoms with Gasteiger partial charge >= 0.3 is 6.09 Å². The highest BCUT2D eigenvalue weighted by Crippen LogP contribution is 2.15. The lowest BCUT2D eigenvalue weighted by Gasteiger charge is -2.24. The summed E-state index contributed by atoms with van der Waals surface area (Å²) in [5.41, 5.74) is -0.740. The van der Waals surface area contributed by atoms with Gasteiger partial charge in [-0.3, -0.25) is 4.79 Å². The van der Waals surface area contributed by atoms with Gasteiger partial charge in [-0.05, 0) is 57.4 Å². The van der Waals surface area contributed by atoms with Crippen LogP contribution in [0.15, 0.2) is 29.2 Å². The number of nitrogens with one attached hydrogen (secondary N) is 1. The molecule has 6 nitrogen and oxygen atoms in total. The fourth-order valence-corrected chi connectivity index (χ4v) is 3.50. The van der Waals surface area contributed by atoms with Gasteiger partial charge < -0.3 is 10.1 Å². The molecule has 0 aliphatic heterocycles. The van der Waals surface area contributed by atoms with Crippen LogP contribution in [0.3, 0.4) is 0 Å². The minimum atomic E-state index is -3.94. The monoisotopic (exact) mass is 387 g/mol.